The van der Waals surface area contributed by atoms with E-state index in [1.54, 1.807) is 21.3 Å². The minimum atomic E-state index is 0.0403. The Kier molecular flexibility index (Phi) is 6.10. The second-order valence-corrected chi connectivity index (χ2v) is 7.23. The molecule has 0 aliphatic carbocycles. The summed E-state index contributed by atoms with van der Waals surface area (Å²) >= 11 is 0. The average molecular weight is 405 g/mol. The first-order valence-electron chi connectivity index (χ1n) is 10.1. The van der Waals surface area contributed by atoms with Gasteiger partial charge in [-0.15, -0.1) is 0 Å². The molecule has 5 nitrogen and oxygen atoms in total. The molecule has 0 saturated heterocycles. The van der Waals surface area contributed by atoms with E-state index < -0.39 is 0 Å². The summed E-state index contributed by atoms with van der Waals surface area (Å²) in [6.07, 6.45) is 0.939. The molecular weight excluding hydrogens is 378 g/mol. The predicted octanol–water partition coefficient (Wildman–Crippen LogP) is 4.53. The van der Waals surface area contributed by atoms with Gasteiger partial charge >= 0.3 is 0 Å². The van der Waals surface area contributed by atoms with Gasteiger partial charge in [-0.1, -0.05) is 36.4 Å². The Bertz CT molecular complexity index is 1000. The molecule has 0 saturated carbocycles. The maximum atomic E-state index is 6.15. The molecule has 4 rings (SSSR count). The molecule has 0 spiro atoms. The standard InChI is InChI=1S/C25H27NO4/c1-27-21-10-9-19(14-22(21)28-2)25-20-15-24(30-16-17-7-5-4-6-8-17)23(29-3)13-18(20)11-12-26-25/h4-10,13-15,25-26H,11-12,16H2,1-3H3. The quantitative estimate of drug-likeness (QED) is 0.626. The highest BCUT2D eigenvalue weighted by atomic mass is 16.5. The monoisotopic (exact) mass is 405 g/mol. The number of fused-ring (bicyclic) bond motifs is 1. The van der Waals surface area contributed by atoms with E-state index in [-0.39, 0.29) is 6.04 Å². The van der Waals surface area contributed by atoms with Gasteiger partial charge < -0.3 is 24.3 Å². The molecule has 3 aromatic carbocycles. The lowest BCUT2D eigenvalue weighted by Crippen LogP contribution is -2.30. The molecule has 1 atom stereocenters. The van der Waals surface area contributed by atoms with Gasteiger partial charge in [0, 0.05) is 6.54 Å². The van der Waals surface area contributed by atoms with Crippen molar-refractivity contribution in [3.63, 3.8) is 0 Å². The van der Waals surface area contributed by atoms with E-state index in [2.05, 4.69) is 35.6 Å². The molecule has 0 amide bonds. The van der Waals surface area contributed by atoms with E-state index in [4.69, 9.17) is 18.9 Å². The Hall–Kier alpha value is -3.18. The third-order valence-electron chi connectivity index (χ3n) is 5.46. The summed E-state index contributed by atoms with van der Waals surface area (Å²) in [4.78, 5) is 0. The summed E-state index contributed by atoms with van der Waals surface area (Å²) < 4.78 is 22.7. The molecular formula is C25H27NO4. The average Bonchev–Trinajstić information content (AvgIpc) is 2.81. The van der Waals surface area contributed by atoms with Gasteiger partial charge in [0.15, 0.2) is 23.0 Å². The van der Waals surface area contributed by atoms with Crippen LogP contribution in [0.5, 0.6) is 23.0 Å². The van der Waals surface area contributed by atoms with Crippen LogP contribution in [0.2, 0.25) is 0 Å². The maximum absolute atomic E-state index is 6.15. The van der Waals surface area contributed by atoms with Crippen molar-refractivity contribution in [2.45, 2.75) is 19.1 Å². The zero-order valence-corrected chi connectivity index (χ0v) is 17.6. The number of hydrogen-bond acceptors (Lipinski definition) is 5. The van der Waals surface area contributed by atoms with Crippen LogP contribution >= 0.6 is 0 Å². The second kappa shape index (κ2) is 9.09. The van der Waals surface area contributed by atoms with Crippen LogP contribution < -0.4 is 24.3 Å². The highest BCUT2D eigenvalue weighted by molar-refractivity contribution is 5.53. The van der Waals surface area contributed by atoms with Crippen molar-refractivity contribution < 1.29 is 18.9 Å². The number of ether oxygens (including phenoxy) is 4. The van der Waals surface area contributed by atoms with E-state index >= 15 is 0 Å². The Balaban J connectivity index is 1.68. The molecule has 1 heterocycles. The van der Waals surface area contributed by atoms with Gasteiger partial charge in [-0.2, -0.15) is 0 Å². The summed E-state index contributed by atoms with van der Waals surface area (Å²) in [7, 11) is 4.99. The van der Waals surface area contributed by atoms with Crippen LogP contribution in [0, 0.1) is 0 Å². The number of nitrogens with one attached hydrogen (secondary N) is 1. The highest BCUT2D eigenvalue weighted by Gasteiger charge is 2.25. The predicted molar refractivity (Wildman–Crippen MR) is 117 cm³/mol. The van der Waals surface area contributed by atoms with Crippen LogP contribution in [0.15, 0.2) is 60.7 Å². The smallest absolute Gasteiger partial charge is 0.162 e. The largest absolute Gasteiger partial charge is 0.493 e. The van der Waals surface area contributed by atoms with Gasteiger partial charge in [-0.05, 0) is 52.9 Å². The van der Waals surface area contributed by atoms with Gasteiger partial charge in [0.2, 0.25) is 0 Å². The number of methoxy groups -OCH3 is 3. The van der Waals surface area contributed by atoms with Crippen molar-refractivity contribution in [3.8, 4) is 23.0 Å². The molecule has 3 aromatic rings. The molecule has 1 aliphatic rings. The van der Waals surface area contributed by atoms with Crippen LogP contribution in [0.1, 0.15) is 28.3 Å². The first kappa shape index (κ1) is 20.1. The van der Waals surface area contributed by atoms with Gasteiger partial charge in [-0.25, -0.2) is 0 Å². The van der Waals surface area contributed by atoms with E-state index in [1.807, 2.05) is 30.3 Å². The lowest BCUT2D eigenvalue weighted by molar-refractivity contribution is 0.283. The summed E-state index contributed by atoms with van der Waals surface area (Å²) in [5.74, 6) is 2.95. The van der Waals surface area contributed by atoms with Crippen LogP contribution in [-0.4, -0.2) is 27.9 Å². The molecule has 1 N–H and O–H groups in total. The van der Waals surface area contributed by atoms with Crippen LogP contribution in [0.25, 0.3) is 0 Å². The zero-order valence-electron chi connectivity index (χ0n) is 17.6. The number of benzene rings is 3. The van der Waals surface area contributed by atoms with Crippen LogP contribution in [0.3, 0.4) is 0 Å². The molecule has 1 aliphatic heterocycles. The molecule has 0 aromatic heterocycles. The normalized spacial score (nSPS) is 15.2. The molecule has 156 valence electrons. The third-order valence-corrected chi connectivity index (χ3v) is 5.46. The van der Waals surface area contributed by atoms with Crippen molar-refractivity contribution in [2.24, 2.45) is 0 Å². The first-order chi connectivity index (χ1) is 14.7. The number of rotatable bonds is 7. The van der Waals surface area contributed by atoms with Crippen molar-refractivity contribution in [2.75, 3.05) is 27.9 Å². The second-order valence-electron chi connectivity index (χ2n) is 7.23. The fourth-order valence-corrected chi connectivity index (χ4v) is 3.90. The highest BCUT2D eigenvalue weighted by Crippen LogP contribution is 2.39. The molecule has 5 heteroatoms. The van der Waals surface area contributed by atoms with Crippen molar-refractivity contribution in [1.29, 1.82) is 0 Å². The van der Waals surface area contributed by atoms with E-state index in [1.165, 1.54) is 11.1 Å². The molecule has 30 heavy (non-hydrogen) atoms. The third kappa shape index (κ3) is 4.07. The zero-order chi connectivity index (χ0) is 20.9. The lowest BCUT2D eigenvalue weighted by atomic mass is 9.89. The van der Waals surface area contributed by atoms with E-state index in [9.17, 15) is 0 Å². The van der Waals surface area contributed by atoms with Gasteiger partial charge in [-0.3, -0.25) is 0 Å². The van der Waals surface area contributed by atoms with E-state index in [0.29, 0.717) is 6.61 Å². The van der Waals surface area contributed by atoms with E-state index in [0.717, 1.165) is 47.1 Å². The summed E-state index contributed by atoms with van der Waals surface area (Å²) in [6, 6.07) is 20.4. The Morgan fingerprint density at radius 2 is 1.53 bits per heavy atom. The molecule has 0 bridgehead atoms. The van der Waals surface area contributed by atoms with Crippen molar-refractivity contribution >= 4 is 0 Å². The fraction of sp³-hybridized carbons (Fsp3) is 0.280. The number of hydrogen-bond donors (Lipinski definition) is 1. The Morgan fingerprint density at radius 1 is 0.800 bits per heavy atom. The van der Waals surface area contributed by atoms with Gasteiger partial charge in [0.05, 0.1) is 27.4 Å². The topological polar surface area (TPSA) is 49.0 Å². The Morgan fingerprint density at radius 3 is 2.27 bits per heavy atom. The van der Waals surface area contributed by atoms with Gasteiger partial charge in [0.25, 0.3) is 0 Å². The van der Waals surface area contributed by atoms with Crippen molar-refractivity contribution in [1.82, 2.24) is 5.32 Å². The lowest BCUT2D eigenvalue weighted by Gasteiger charge is -2.29. The first-order valence-corrected chi connectivity index (χ1v) is 10.1. The molecule has 1 unspecified atom stereocenters. The summed E-state index contributed by atoms with van der Waals surface area (Å²) in [6.45, 7) is 1.38. The maximum Gasteiger partial charge on any atom is 0.162 e. The SMILES string of the molecule is COc1ccc(C2NCCc3cc(OC)c(OCc4ccccc4)cc32)cc1OC. The van der Waals surface area contributed by atoms with Crippen molar-refractivity contribution in [3.05, 3.63) is 82.9 Å². The minimum Gasteiger partial charge on any atom is -0.493 e. The minimum absolute atomic E-state index is 0.0403. The summed E-state index contributed by atoms with van der Waals surface area (Å²) in [5.41, 5.74) is 4.69. The fourth-order valence-electron chi connectivity index (χ4n) is 3.90. The molecule has 0 fully saturated rings. The van der Waals surface area contributed by atoms with Crippen LogP contribution in [0.4, 0.5) is 0 Å². The van der Waals surface area contributed by atoms with Gasteiger partial charge in [0.1, 0.15) is 6.61 Å². The summed E-state index contributed by atoms with van der Waals surface area (Å²) in [5, 5.41) is 3.63. The van der Waals surface area contributed by atoms with Crippen LogP contribution in [-0.2, 0) is 13.0 Å². The molecule has 0 radical (unpaired) electrons. The Labute approximate surface area is 177 Å².